The summed E-state index contributed by atoms with van der Waals surface area (Å²) in [4.78, 5) is 11.4. The number of hydrogen-bond donors (Lipinski definition) is 3. The first kappa shape index (κ1) is 16.9. The summed E-state index contributed by atoms with van der Waals surface area (Å²) in [5.41, 5.74) is 2.56. The van der Waals surface area contributed by atoms with E-state index in [9.17, 15) is 22.4 Å². The molecule has 1 amide bonds. The monoisotopic (exact) mass is 305 g/mol. The molecule has 21 heavy (non-hydrogen) atoms. The summed E-state index contributed by atoms with van der Waals surface area (Å²) in [7, 11) is 0. The number of amides is 1. The van der Waals surface area contributed by atoms with E-state index in [4.69, 9.17) is 11.1 Å². The lowest BCUT2D eigenvalue weighted by atomic mass is 10.0. The molecule has 0 spiro atoms. The molecular formula is C13H15F4N3O. The van der Waals surface area contributed by atoms with E-state index < -0.39 is 29.0 Å². The number of nitrogens with two attached hydrogens (primary N) is 1. The Labute approximate surface area is 118 Å². The average molecular weight is 305 g/mol. The molecule has 1 rings (SSSR count). The molecule has 0 atom stereocenters. The molecule has 0 saturated carbocycles. The van der Waals surface area contributed by atoms with Crippen LogP contribution in [0.4, 0.5) is 17.6 Å². The highest BCUT2D eigenvalue weighted by Gasteiger charge is 2.36. The van der Waals surface area contributed by atoms with Gasteiger partial charge in [0.05, 0.1) is 11.1 Å². The molecule has 0 aromatic heterocycles. The van der Waals surface area contributed by atoms with Crippen LogP contribution in [-0.2, 0) is 17.5 Å². The fourth-order valence-corrected chi connectivity index (χ4v) is 1.64. The van der Waals surface area contributed by atoms with Crippen LogP contribution in [0.15, 0.2) is 12.1 Å². The Kier molecular flexibility index (Phi) is 4.93. The van der Waals surface area contributed by atoms with Gasteiger partial charge in [-0.15, -0.1) is 0 Å². The first-order valence-corrected chi connectivity index (χ1v) is 6.06. The molecule has 1 aromatic rings. The van der Waals surface area contributed by atoms with Gasteiger partial charge in [0.15, 0.2) is 0 Å². The minimum Gasteiger partial charge on any atom is -0.384 e. The van der Waals surface area contributed by atoms with Gasteiger partial charge in [-0.1, -0.05) is 19.9 Å². The van der Waals surface area contributed by atoms with Gasteiger partial charge in [0.1, 0.15) is 11.7 Å². The van der Waals surface area contributed by atoms with Crippen LogP contribution in [0.25, 0.3) is 0 Å². The highest BCUT2D eigenvalue weighted by Crippen LogP contribution is 2.33. The zero-order valence-electron chi connectivity index (χ0n) is 11.4. The predicted octanol–water partition coefficient (Wildman–Crippen LogP) is 2.40. The second kappa shape index (κ2) is 6.11. The highest BCUT2D eigenvalue weighted by molar-refractivity contribution is 5.97. The van der Waals surface area contributed by atoms with Gasteiger partial charge in [0, 0.05) is 18.0 Å². The lowest BCUT2D eigenvalue weighted by Crippen LogP contribution is -2.28. The Balaban J connectivity index is 3.18. The van der Waals surface area contributed by atoms with Crippen molar-refractivity contribution in [2.75, 3.05) is 0 Å². The van der Waals surface area contributed by atoms with E-state index in [0.717, 1.165) is 6.07 Å². The first-order valence-electron chi connectivity index (χ1n) is 6.06. The minimum atomic E-state index is -4.82. The van der Waals surface area contributed by atoms with Crippen molar-refractivity contribution in [2.45, 2.75) is 26.6 Å². The van der Waals surface area contributed by atoms with Crippen LogP contribution in [0.2, 0.25) is 0 Å². The molecule has 116 valence electrons. The third-order valence-electron chi connectivity index (χ3n) is 2.77. The molecule has 0 aliphatic heterocycles. The minimum absolute atomic E-state index is 0.165. The van der Waals surface area contributed by atoms with Gasteiger partial charge in [0.25, 0.3) is 0 Å². The van der Waals surface area contributed by atoms with E-state index in [0.29, 0.717) is 6.07 Å². The zero-order chi connectivity index (χ0) is 16.4. The van der Waals surface area contributed by atoms with Crippen LogP contribution in [0.5, 0.6) is 0 Å². The van der Waals surface area contributed by atoms with E-state index >= 15 is 0 Å². The molecule has 0 fully saturated rings. The number of nitrogens with one attached hydrogen (secondary N) is 2. The van der Waals surface area contributed by atoms with Crippen molar-refractivity contribution >= 4 is 11.7 Å². The Hall–Kier alpha value is -2.12. The quantitative estimate of drug-likeness (QED) is 0.454. The molecule has 0 radical (unpaired) electrons. The molecule has 0 bridgehead atoms. The Bertz CT molecular complexity index is 567. The van der Waals surface area contributed by atoms with Crippen molar-refractivity contribution in [3.63, 3.8) is 0 Å². The number of carbonyl (C=O) groups excluding carboxylic acids is 1. The number of amidine groups is 1. The van der Waals surface area contributed by atoms with Gasteiger partial charge in [0.2, 0.25) is 5.91 Å². The zero-order valence-corrected chi connectivity index (χ0v) is 11.4. The third-order valence-corrected chi connectivity index (χ3v) is 2.77. The predicted molar refractivity (Wildman–Crippen MR) is 69.1 cm³/mol. The number of alkyl halides is 3. The molecular weight excluding hydrogens is 290 g/mol. The highest BCUT2D eigenvalue weighted by atomic mass is 19.4. The Morgan fingerprint density at radius 1 is 1.38 bits per heavy atom. The van der Waals surface area contributed by atoms with Gasteiger partial charge in [-0.05, 0) is 6.07 Å². The maximum Gasteiger partial charge on any atom is 0.417 e. The van der Waals surface area contributed by atoms with Crippen molar-refractivity contribution in [3.8, 4) is 0 Å². The molecule has 4 N–H and O–H groups in total. The van der Waals surface area contributed by atoms with Crippen molar-refractivity contribution < 1.29 is 22.4 Å². The van der Waals surface area contributed by atoms with Gasteiger partial charge in [-0.3, -0.25) is 10.2 Å². The van der Waals surface area contributed by atoms with Gasteiger partial charge in [-0.2, -0.15) is 13.2 Å². The van der Waals surface area contributed by atoms with Gasteiger partial charge in [-0.25, -0.2) is 4.39 Å². The van der Waals surface area contributed by atoms with Crippen molar-refractivity contribution in [3.05, 3.63) is 34.6 Å². The lowest BCUT2D eigenvalue weighted by Gasteiger charge is -2.16. The molecule has 0 unspecified atom stereocenters. The molecule has 0 saturated heterocycles. The first-order chi connectivity index (χ1) is 9.55. The molecule has 1 aromatic carbocycles. The van der Waals surface area contributed by atoms with Gasteiger partial charge >= 0.3 is 6.18 Å². The summed E-state index contributed by atoms with van der Waals surface area (Å²) >= 11 is 0. The fourth-order valence-electron chi connectivity index (χ4n) is 1.64. The topological polar surface area (TPSA) is 79.0 Å². The molecule has 0 aliphatic rings. The summed E-state index contributed by atoms with van der Waals surface area (Å²) in [5.74, 6) is -2.97. The largest absolute Gasteiger partial charge is 0.417 e. The lowest BCUT2D eigenvalue weighted by molar-refractivity contribution is -0.138. The number of hydrogen-bond acceptors (Lipinski definition) is 2. The van der Waals surface area contributed by atoms with Crippen molar-refractivity contribution in [1.29, 1.82) is 5.41 Å². The standard InChI is InChI=1S/C13H15F4N3O/c1-6(2)12(21)20-5-7-3-4-8(13(15,16)17)9(10(7)14)11(18)19/h3-4,6H,5H2,1-2H3,(H3,18,19)(H,20,21). The summed E-state index contributed by atoms with van der Waals surface area (Å²) in [5, 5.41) is 9.52. The molecule has 0 heterocycles. The van der Waals surface area contributed by atoms with Crippen LogP contribution in [0.1, 0.15) is 30.5 Å². The van der Waals surface area contributed by atoms with Crippen LogP contribution in [-0.4, -0.2) is 11.7 Å². The fraction of sp³-hybridized carbons (Fsp3) is 0.385. The normalized spacial score (nSPS) is 11.6. The molecule has 8 heteroatoms. The average Bonchev–Trinajstić information content (AvgIpc) is 2.34. The van der Waals surface area contributed by atoms with E-state index in [1.807, 2.05) is 0 Å². The number of nitrogen functional groups attached to an aromatic ring is 1. The number of benzene rings is 1. The maximum absolute atomic E-state index is 14.1. The number of rotatable bonds is 4. The van der Waals surface area contributed by atoms with Crippen LogP contribution in [0, 0.1) is 17.1 Å². The summed E-state index contributed by atoms with van der Waals surface area (Å²) in [6.45, 7) is 2.97. The Morgan fingerprint density at radius 3 is 2.38 bits per heavy atom. The van der Waals surface area contributed by atoms with E-state index in [1.165, 1.54) is 0 Å². The van der Waals surface area contributed by atoms with Crippen molar-refractivity contribution in [2.24, 2.45) is 11.7 Å². The SMILES string of the molecule is CC(C)C(=O)NCc1ccc(C(F)(F)F)c(C(=N)N)c1F. The van der Waals surface area contributed by atoms with Crippen LogP contribution >= 0.6 is 0 Å². The summed E-state index contributed by atoms with van der Waals surface area (Å²) in [6.07, 6.45) is -4.82. The number of carbonyl (C=O) groups is 1. The third kappa shape index (κ3) is 3.93. The summed E-state index contributed by atoms with van der Waals surface area (Å²) in [6, 6.07) is 1.57. The van der Waals surface area contributed by atoms with E-state index in [2.05, 4.69) is 5.32 Å². The van der Waals surface area contributed by atoms with E-state index in [-0.39, 0.29) is 23.9 Å². The van der Waals surface area contributed by atoms with Crippen LogP contribution in [0.3, 0.4) is 0 Å². The molecule has 4 nitrogen and oxygen atoms in total. The Morgan fingerprint density at radius 2 is 1.95 bits per heavy atom. The van der Waals surface area contributed by atoms with Crippen molar-refractivity contribution in [1.82, 2.24) is 5.32 Å². The van der Waals surface area contributed by atoms with Gasteiger partial charge < -0.3 is 11.1 Å². The van der Waals surface area contributed by atoms with E-state index in [1.54, 1.807) is 13.8 Å². The second-order valence-corrected chi connectivity index (χ2v) is 4.75. The smallest absolute Gasteiger partial charge is 0.384 e. The van der Waals surface area contributed by atoms with Crippen LogP contribution < -0.4 is 11.1 Å². The second-order valence-electron chi connectivity index (χ2n) is 4.75. The maximum atomic E-state index is 14.1. The summed E-state index contributed by atoms with van der Waals surface area (Å²) < 4.78 is 52.3. The number of halogens is 4. The molecule has 0 aliphatic carbocycles.